The Kier molecular flexibility index (Phi) is 11.9. The second kappa shape index (κ2) is 11.6. The van der Waals surface area contributed by atoms with E-state index in [9.17, 15) is 74.4 Å². The monoisotopic (exact) mass is 603 g/mol. The van der Waals surface area contributed by atoms with Crippen molar-refractivity contribution in [3.63, 3.8) is 0 Å². The molecule has 0 aliphatic heterocycles. The van der Waals surface area contributed by atoms with Crippen molar-refractivity contribution < 1.29 is 78.9 Å². The lowest BCUT2D eigenvalue weighted by molar-refractivity contribution is -0.921. The zero-order valence-electron chi connectivity index (χ0n) is 20.1. The lowest BCUT2D eigenvalue weighted by Crippen LogP contribution is -2.73. The number of alkyl halides is 14. The summed E-state index contributed by atoms with van der Waals surface area (Å²) in [4.78, 5) is 0. The molecule has 0 saturated heterocycles. The van der Waals surface area contributed by atoms with Crippen LogP contribution in [-0.2, 0) is 10.1 Å². The summed E-state index contributed by atoms with van der Waals surface area (Å²) >= 11 is 0. The first kappa shape index (κ1) is 38.0. The maximum atomic E-state index is 13.2. The standard InChI is InChI=1S/C10H8F14O3S.C8H20N/c1-2-3-4(11,12)5(13,14)6(15,16)7(17,18)8(19,20)9(21,22)10(23,24)28(25,26)27;1-5-9(6-2,7-3)8-4/h2-3H2,1H3,(H,25,26,27);5-8H2,1-4H3/q;+1/p-1. The Morgan fingerprint density at radius 3 is 1.03 bits per heavy atom. The fourth-order valence-corrected chi connectivity index (χ4v) is 3.42. The van der Waals surface area contributed by atoms with Crippen LogP contribution in [0.5, 0.6) is 0 Å². The maximum absolute atomic E-state index is 13.2. The molecule has 0 saturated carbocycles. The summed E-state index contributed by atoms with van der Waals surface area (Å²) in [6.07, 6.45) is -3.48. The van der Waals surface area contributed by atoms with Gasteiger partial charge in [-0.05, 0) is 27.7 Å². The first-order valence-electron chi connectivity index (χ1n) is 10.5. The predicted molar refractivity (Wildman–Crippen MR) is 102 cm³/mol. The highest BCUT2D eigenvalue weighted by atomic mass is 32.2. The Bertz CT molecular complexity index is 825. The van der Waals surface area contributed by atoms with E-state index in [4.69, 9.17) is 0 Å². The van der Waals surface area contributed by atoms with Crippen molar-refractivity contribution in [1.82, 2.24) is 0 Å². The summed E-state index contributed by atoms with van der Waals surface area (Å²) < 4.78 is 214. The van der Waals surface area contributed by atoms with Gasteiger partial charge in [0, 0.05) is 6.42 Å². The van der Waals surface area contributed by atoms with Crippen molar-refractivity contribution in [3.8, 4) is 0 Å². The first-order valence-corrected chi connectivity index (χ1v) is 11.9. The molecule has 0 aliphatic rings. The Balaban J connectivity index is 0. The van der Waals surface area contributed by atoms with Gasteiger partial charge in [-0.25, -0.2) is 8.42 Å². The molecule has 0 unspecified atom stereocenters. The molecular weight excluding hydrogens is 576 g/mol. The molecule has 4 nitrogen and oxygen atoms in total. The van der Waals surface area contributed by atoms with Crippen LogP contribution in [0.2, 0.25) is 0 Å². The zero-order chi connectivity index (χ0) is 30.7. The minimum Gasteiger partial charge on any atom is -0.743 e. The molecule has 0 N–H and O–H groups in total. The van der Waals surface area contributed by atoms with E-state index >= 15 is 0 Å². The van der Waals surface area contributed by atoms with E-state index in [0.29, 0.717) is 6.92 Å². The second-order valence-electron chi connectivity index (χ2n) is 7.90. The van der Waals surface area contributed by atoms with Crippen LogP contribution in [0.15, 0.2) is 0 Å². The van der Waals surface area contributed by atoms with Crippen LogP contribution < -0.4 is 0 Å². The number of halogens is 14. The molecule has 37 heavy (non-hydrogen) atoms. The Morgan fingerprint density at radius 2 is 0.811 bits per heavy atom. The number of hydrogen-bond acceptors (Lipinski definition) is 3. The lowest BCUT2D eigenvalue weighted by atomic mass is 9.90. The summed E-state index contributed by atoms with van der Waals surface area (Å²) in [6.45, 7) is 14.8. The van der Waals surface area contributed by atoms with Crippen molar-refractivity contribution in [2.45, 2.75) is 88.3 Å². The molecule has 0 aliphatic carbocycles. The van der Waals surface area contributed by atoms with Gasteiger partial charge in [-0.2, -0.15) is 61.5 Å². The number of quaternary nitrogens is 1. The maximum Gasteiger partial charge on any atom is 0.402 e. The third-order valence-electron chi connectivity index (χ3n) is 5.96. The zero-order valence-corrected chi connectivity index (χ0v) is 20.9. The smallest absolute Gasteiger partial charge is 0.402 e. The topological polar surface area (TPSA) is 57.2 Å². The second-order valence-corrected chi connectivity index (χ2v) is 9.32. The summed E-state index contributed by atoms with van der Waals surface area (Å²) in [5, 5.41) is -7.72. The molecular formula is C18H27F14NO3S. The molecule has 0 aromatic rings. The minimum atomic E-state index is -8.42. The Labute approximate surface area is 204 Å². The van der Waals surface area contributed by atoms with Crippen molar-refractivity contribution >= 4 is 10.1 Å². The van der Waals surface area contributed by atoms with E-state index in [1.165, 1.54) is 30.7 Å². The molecule has 226 valence electrons. The van der Waals surface area contributed by atoms with E-state index in [0.717, 1.165) is 0 Å². The van der Waals surface area contributed by atoms with Gasteiger partial charge in [-0.15, -0.1) is 0 Å². The molecule has 0 amide bonds. The van der Waals surface area contributed by atoms with E-state index < -0.39 is 63.7 Å². The SMILES string of the molecule is CCCC(F)(F)C(F)(F)C(F)(F)C(F)(F)C(F)(F)C(F)(F)C(F)(F)S(=O)(=O)[O-].CC[N+](CC)(CC)CC. The lowest BCUT2D eigenvalue weighted by Gasteiger charge is -2.42. The summed E-state index contributed by atoms with van der Waals surface area (Å²) in [7, 11) is -7.95. The fraction of sp³-hybridized carbons (Fsp3) is 1.00. The van der Waals surface area contributed by atoms with Crippen LogP contribution in [0.25, 0.3) is 0 Å². The number of rotatable bonds is 13. The average molecular weight is 603 g/mol. The van der Waals surface area contributed by atoms with E-state index in [-0.39, 0.29) is 0 Å². The molecule has 19 heteroatoms. The van der Waals surface area contributed by atoms with Gasteiger partial charge in [0.1, 0.15) is 0 Å². The third kappa shape index (κ3) is 6.22. The van der Waals surface area contributed by atoms with E-state index in [2.05, 4.69) is 27.7 Å². The van der Waals surface area contributed by atoms with Crippen LogP contribution in [0.1, 0.15) is 47.5 Å². The summed E-state index contributed by atoms with van der Waals surface area (Å²) in [5.41, 5.74) is 0. The van der Waals surface area contributed by atoms with Crippen LogP contribution >= 0.6 is 0 Å². The molecule has 0 fully saturated rings. The number of hydrogen-bond donors (Lipinski definition) is 0. The summed E-state index contributed by atoms with van der Waals surface area (Å²) in [5.74, 6) is -46.9. The normalized spacial score (nSPS) is 15.4. The summed E-state index contributed by atoms with van der Waals surface area (Å²) in [6, 6.07) is 0. The highest BCUT2D eigenvalue weighted by Gasteiger charge is 2.93. The molecule has 0 heterocycles. The fourth-order valence-electron chi connectivity index (χ4n) is 2.97. The highest BCUT2D eigenvalue weighted by molar-refractivity contribution is 7.86. The van der Waals surface area contributed by atoms with Gasteiger partial charge >= 0.3 is 40.8 Å². The van der Waals surface area contributed by atoms with Gasteiger partial charge in [0.15, 0.2) is 10.1 Å². The molecule has 0 spiro atoms. The van der Waals surface area contributed by atoms with Crippen molar-refractivity contribution in [2.24, 2.45) is 0 Å². The van der Waals surface area contributed by atoms with E-state index in [1.54, 1.807) is 0 Å². The van der Waals surface area contributed by atoms with Crippen molar-refractivity contribution in [2.75, 3.05) is 26.2 Å². The Morgan fingerprint density at radius 1 is 0.541 bits per heavy atom. The van der Waals surface area contributed by atoms with Gasteiger partial charge in [-0.1, -0.05) is 13.3 Å². The first-order chi connectivity index (χ1) is 16.1. The van der Waals surface area contributed by atoms with Crippen LogP contribution in [-0.4, -0.2) is 84.4 Å². The van der Waals surface area contributed by atoms with E-state index in [1.807, 2.05) is 0 Å². The van der Waals surface area contributed by atoms with Gasteiger partial charge in [-0.3, -0.25) is 0 Å². The molecule has 0 rings (SSSR count). The molecule has 0 radical (unpaired) electrons. The number of nitrogens with zero attached hydrogens (tertiary/aromatic N) is 1. The Hall–Kier alpha value is -1.11. The third-order valence-corrected chi connectivity index (χ3v) is 6.85. The minimum absolute atomic E-state index is 0.614. The molecule has 0 bridgehead atoms. The van der Waals surface area contributed by atoms with Gasteiger partial charge in [0.05, 0.1) is 26.2 Å². The van der Waals surface area contributed by atoms with Gasteiger partial charge in [0.2, 0.25) is 0 Å². The van der Waals surface area contributed by atoms with Crippen molar-refractivity contribution in [3.05, 3.63) is 0 Å². The average Bonchev–Trinajstić information content (AvgIpc) is 2.74. The van der Waals surface area contributed by atoms with Crippen LogP contribution in [0, 0.1) is 0 Å². The highest BCUT2D eigenvalue weighted by Crippen LogP contribution is 2.63. The quantitative estimate of drug-likeness (QED) is 0.135. The molecule has 0 aromatic carbocycles. The molecule has 0 atom stereocenters. The van der Waals surface area contributed by atoms with Crippen LogP contribution in [0.3, 0.4) is 0 Å². The predicted octanol–water partition coefficient (Wildman–Crippen LogP) is 6.62. The van der Waals surface area contributed by atoms with Gasteiger partial charge < -0.3 is 9.04 Å². The van der Waals surface area contributed by atoms with Crippen LogP contribution in [0.4, 0.5) is 61.5 Å². The largest absolute Gasteiger partial charge is 0.743 e. The van der Waals surface area contributed by atoms with Gasteiger partial charge in [0.25, 0.3) is 0 Å². The molecule has 0 aromatic heterocycles. The van der Waals surface area contributed by atoms with Crippen molar-refractivity contribution in [1.29, 1.82) is 0 Å².